The number of hydrogen-bond acceptors (Lipinski definition) is 3. The van der Waals surface area contributed by atoms with Gasteiger partial charge in [-0.1, -0.05) is 24.3 Å². The molecule has 1 N–H and O–H groups in total. The van der Waals surface area contributed by atoms with Crippen LogP contribution in [0.2, 0.25) is 0 Å². The lowest BCUT2D eigenvalue weighted by Gasteiger charge is -2.09. The maximum absolute atomic E-state index is 12.4. The molecular formula is C21H20F3N3O2. The number of ether oxygens (including phenoxy) is 1. The van der Waals surface area contributed by atoms with E-state index in [9.17, 15) is 18.0 Å². The van der Waals surface area contributed by atoms with Crippen molar-refractivity contribution in [2.24, 2.45) is 0 Å². The molecule has 0 spiro atoms. The fourth-order valence-electron chi connectivity index (χ4n) is 2.70. The van der Waals surface area contributed by atoms with Crippen molar-refractivity contribution in [1.29, 1.82) is 0 Å². The van der Waals surface area contributed by atoms with Crippen molar-refractivity contribution >= 4 is 11.6 Å². The van der Waals surface area contributed by atoms with Crippen molar-refractivity contribution in [2.75, 3.05) is 11.9 Å². The summed E-state index contributed by atoms with van der Waals surface area (Å²) in [6.45, 7) is 1.16. The number of amides is 1. The number of hydrogen-bond donors (Lipinski definition) is 1. The number of nitrogens with one attached hydrogen (secondary N) is 1. The van der Waals surface area contributed by atoms with Crippen LogP contribution in [-0.4, -0.2) is 28.2 Å². The van der Waals surface area contributed by atoms with Gasteiger partial charge in [0.05, 0.1) is 6.61 Å². The van der Waals surface area contributed by atoms with Gasteiger partial charge < -0.3 is 14.6 Å². The quantitative estimate of drug-likeness (QED) is 0.629. The molecule has 0 aliphatic rings. The SMILES string of the molecule is Cc1nccn1Cc1ccc(NC(=O)c2ccc(COCC(F)(F)F)cc2)cc1. The highest BCUT2D eigenvalue weighted by molar-refractivity contribution is 6.04. The van der Waals surface area contributed by atoms with Crippen molar-refractivity contribution < 1.29 is 22.7 Å². The number of halogens is 3. The van der Waals surface area contributed by atoms with Gasteiger partial charge in [0.2, 0.25) is 0 Å². The van der Waals surface area contributed by atoms with E-state index in [0.29, 0.717) is 23.4 Å². The first-order chi connectivity index (χ1) is 13.8. The van der Waals surface area contributed by atoms with Gasteiger partial charge in [-0.15, -0.1) is 0 Å². The summed E-state index contributed by atoms with van der Waals surface area (Å²) in [7, 11) is 0. The van der Waals surface area contributed by atoms with Crippen LogP contribution in [0, 0.1) is 6.92 Å². The van der Waals surface area contributed by atoms with Gasteiger partial charge in [-0.3, -0.25) is 4.79 Å². The molecule has 3 rings (SSSR count). The summed E-state index contributed by atoms with van der Waals surface area (Å²) in [5, 5.41) is 2.80. The van der Waals surface area contributed by atoms with Gasteiger partial charge in [0.15, 0.2) is 0 Å². The van der Waals surface area contributed by atoms with E-state index in [2.05, 4.69) is 15.0 Å². The summed E-state index contributed by atoms with van der Waals surface area (Å²) < 4.78 is 42.9. The minimum atomic E-state index is -4.35. The van der Waals surface area contributed by atoms with Crippen LogP contribution in [0.3, 0.4) is 0 Å². The fraction of sp³-hybridized carbons (Fsp3) is 0.238. The highest BCUT2D eigenvalue weighted by Gasteiger charge is 2.27. The van der Waals surface area contributed by atoms with Crippen molar-refractivity contribution in [3.05, 3.63) is 83.4 Å². The monoisotopic (exact) mass is 403 g/mol. The van der Waals surface area contributed by atoms with Gasteiger partial charge in [0.1, 0.15) is 12.4 Å². The van der Waals surface area contributed by atoms with Crippen LogP contribution in [0.5, 0.6) is 0 Å². The minimum absolute atomic E-state index is 0.167. The maximum atomic E-state index is 12.4. The molecule has 1 amide bonds. The van der Waals surface area contributed by atoms with Crippen LogP contribution in [0.4, 0.5) is 18.9 Å². The zero-order valence-electron chi connectivity index (χ0n) is 15.7. The first-order valence-corrected chi connectivity index (χ1v) is 8.91. The van der Waals surface area contributed by atoms with Crippen LogP contribution in [0.25, 0.3) is 0 Å². The number of carbonyl (C=O) groups is 1. The Kier molecular flexibility index (Phi) is 6.33. The molecule has 152 valence electrons. The van der Waals surface area contributed by atoms with Crippen molar-refractivity contribution in [2.45, 2.75) is 26.3 Å². The molecule has 0 saturated heterocycles. The Bertz CT molecular complexity index is 949. The van der Waals surface area contributed by atoms with Crippen LogP contribution in [0.15, 0.2) is 60.9 Å². The number of carbonyl (C=O) groups excluding carboxylic acids is 1. The first kappa shape index (κ1) is 20.6. The topological polar surface area (TPSA) is 56.2 Å². The molecule has 2 aromatic carbocycles. The molecule has 0 radical (unpaired) electrons. The number of anilines is 1. The third-order valence-electron chi connectivity index (χ3n) is 4.24. The van der Waals surface area contributed by atoms with Gasteiger partial charge in [0, 0.05) is 30.2 Å². The Morgan fingerprint density at radius 1 is 1.07 bits per heavy atom. The summed E-state index contributed by atoms with van der Waals surface area (Å²) in [5.74, 6) is 0.626. The molecule has 8 heteroatoms. The normalized spacial score (nSPS) is 11.4. The summed E-state index contributed by atoms with van der Waals surface area (Å²) >= 11 is 0. The van der Waals surface area contributed by atoms with E-state index in [1.165, 1.54) is 0 Å². The summed E-state index contributed by atoms with van der Waals surface area (Å²) in [4.78, 5) is 16.5. The maximum Gasteiger partial charge on any atom is 0.411 e. The second-order valence-electron chi connectivity index (χ2n) is 6.56. The molecule has 0 unspecified atom stereocenters. The highest BCUT2D eigenvalue weighted by atomic mass is 19.4. The van der Waals surface area contributed by atoms with Gasteiger partial charge in [-0.25, -0.2) is 4.98 Å². The molecule has 3 aromatic rings. The fourth-order valence-corrected chi connectivity index (χ4v) is 2.70. The third-order valence-corrected chi connectivity index (χ3v) is 4.24. The molecule has 29 heavy (non-hydrogen) atoms. The second-order valence-corrected chi connectivity index (χ2v) is 6.56. The molecule has 0 bridgehead atoms. The largest absolute Gasteiger partial charge is 0.411 e. The Morgan fingerprint density at radius 2 is 1.72 bits per heavy atom. The molecule has 1 heterocycles. The summed E-state index contributed by atoms with van der Waals surface area (Å²) in [6, 6.07) is 13.7. The third kappa shape index (κ3) is 6.18. The van der Waals surface area contributed by atoms with E-state index in [1.54, 1.807) is 30.5 Å². The number of benzene rings is 2. The molecule has 0 fully saturated rings. The molecule has 0 saturated carbocycles. The van der Waals surface area contributed by atoms with Crippen LogP contribution >= 0.6 is 0 Å². The summed E-state index contributed by atoms with van der Waals surface area (Å²) in [5.41, 5.74) is 2.69. The van der Waals surface area contributed by atoms with Crippen LogP contribution in [-0.2, 0) is 17.9 Å². The van der Waals surface area contributed by atoms with E-state index in [0.717, 1.165) is 11.4 Å². The van der Waals surface area contributed by atoms with E-state index in [-0.39, 0.29) is 12.5 Å². The number of alkyl halides is 3. The standard InChI is InChI=1S/C21H20F3N3O2/c1-15-25-10-11-27(15)12-16-4-8-19(9-5-16)26-20(28)18-6-2-17(3-7-18)13-29-14-21(22,23)24/h2-11H,12-14H2,1H3,(H,26,28). The predicted molar refractivity (Wildman–Crippen MR) is 103 cm³/mol. The van der Waals surface area contributed by atoms with Gasteiger partial charge >= 0.3 is 6.18 Å². The molecule has 0 aliphatic carbocycles. The zero-order valence-corrected chi connectivity index (χ0v) is 15.7. The number of aromatic nitrogens is 2. The number of rotatable bonds is 7. The zero-order chi connectivity index (χ0) is 20.9. The van der Waals surface area contributed by atoms with Crippen LogP contribution in [0.1, 0.15) is 27.3 Å². The second kappa shape index (κ2) is 8.91. The van der Waals surface area contributed by atoms with Crippen molar-refractivity contribution in [3.63, 3.8) is 0 Å². The van der Waals surface area contributed by atoms with E-state index in [1.807, 2.05) is 42.0 Å². The Balaban J connectivity index is 1.53. The molecule has 0 aliphatic heterocycles. The Labute approximate surface area is 166 Å². The minimum Gasteiger partial charge on any atom is -0.367 e. The first-order valence-electron chi connectivity index (χ1n) is 8.91. The van der Waals surface area contributed by atoms with Crippen LogP contribution < -0.4 is 5.32 Å². The average Bonchev–Trinajstić information content (AvgIpc) is 3.07. The van der Waals surface area contributed by atoms with E-state index in [4.69, 9.17) is 0 Å². The highest BCUT2D eigenvalue weighted by Crippen LogP contribution is 2.17. The van der Waals surface area contributed by atoms with E-state index < -0.39 is 12.8 Å². The summed E-state index contributed by atoms with van der Waals surface area (Å²) in [6.07, 6.45) is -0.701. The number of nitrogens with zero attached hydrogens (tertiary/aromatic N) is 2. The number of aryl methyl sites for hydroxylation is 1. The smallest absolute Gasteiger partial charge is 0.367 e. The molecule has 0 atom stereocenters. The lowest BCUT2D eigenvalue weighted by molar-refractivity contribution is -0.176. The molecule has 5 nitrogen and oxygen atoms in total. The van der Waals surface area contributed by atoms with Crippen molar-refractivity contribution in [3.8, 4) is 0 Å². The Morgan fingerprint density at radius 3 is 2.31 bits per heavy atom. The van der Waals surface area contributed by atoms with E-state index >= 15 is 0 Å². The van der Waals surface area contributed by atoms with Gasteiger partial charge in [0.25, 0.3) is 5.91 Å². The van der Waals surface area contributed by atoms with Gasteiger partial charge in [-0.2, -0.15) is 13.2 Å². The predicted octanol–water partition coefficient (Wildman–Crippen LogP) is 4.57. The van der Waals surface area contributed by atoms with Gasteiger partial charge in [-0.05, 0) is 42.3 Å². The molecule has 1 aromatic heterocycles. The Hall–Kier alpha value is -3.13. The van der Waals surface area contributed by atoms with Crippen molar-refractivity contribution in [1.82, 2.24) is 9.55 Å². The molecular weight excluding hydrogens is 383 g/mol. The lowest BCUT2D eigenvalue weighted by atomic mass is 10.1. The number of imidazole rings is 1. The lowest BCUT2D eigenvalue weighted by Crippen LogP contribution is -2.16. The average molecular weight is 403 g/mol.